The fourth-order valence-corrected chi connectivity index (χ4v) is 3.73. The Kier molecular flexibility index (Phi) is 5.76. The third kappa shape index (κ3) is 3.72. The van der Waals surface area contributed by atoms with Crippen molar-refractivity contribution in [1.82, 2.24) is 9.47 Å². The Hall–Kier alpha value is -1.85. The van der Waals surface area contributed by atoms with Crippen molar-refractivity contribution in [1.29, 1.82) is 0 Å². The van der Waals surface area contributed by atoms with Gasteiger partial charge in [-0.2, -0.15) is 0 Å². The van der Waals surface area contributed by atoms with Crippen LogP contribution in [-0.2, 0) is 16.0 Å². The molecular formula is C20H28N2O3. The Labute approximate surface area is 149 Å². The first-order valence-electron chi connectivity index (χ1n) is 9.11. The molecule has 0 atom stereocenters. The summed E-state index contributed by atoms with van der Waals surface area (Å²) in [7, 11) is 1.69. The number of hydrogen-bond donors (Lipinski definition) is 0. The van der Waals surface area contributed by atoms with E-state index < -0.39 is 0 Å². The van der Waals surface area contributed by atoms with Gasteiger partial charge in [-0.1, -0.05) is 18.2 Å². The smallest absolute Gasteiger partial charge is 0.270 e. The number of amides is 1. The van der Waals surface area contributed by atoms with Gasteiger partial charge >= 0.3 is 0 Å². The molecule has 1 amide bonds. The van der Waals surface area contributed by atoms with Crippen molar-refractivity contribution >= 4 is 16.8 Å². The predicted octanol–water partition coefficient (Wildman–Crippen LogP) is 3.32. The number of ether oxygens (including phenoxy) is 2. The largest absolute Gasteiger partial charge is 0.383 e. The van der Waals surface area contributed by atoms with Crippen LogP contribution in [-0.4, -0.2) is 54.4 Å². The van der Waals surface area contributed by atoms with Crippen molar-refractivity contribution in [3.8, 4) is 0 Å². The predicted molar refractivity (Wildman–Crippen MR) is 99.0 cm³/mol. The summed E-state index contributed by atoms with van der Waals surface area (Å²) in [6.07, 6.45) is 1.81. The number of benzene rings is 1. The van der Waals surface area contributed by atoms with E-state index in [4.69, 9.17) is 9.47 Å². The van der Waals surface area contributed by atoms with Gasteiger partial charge in [-0.3, -0.25) is 4.79 Å². The minimum Gasteiger partial charge on any atom is -0.383 e. The van der Waals surface area contributed by atoms with Gasteiger partial charge in [0.1, 0.15) is 5.69 Å². The average Bonchev–Trinajstić information content (AvgIpc) is 2.99. The van der Waals surface area contributed by atoms with E-state index in [9.17, 15) is 4.79 Å². The number of methoxy groups -OCH3 is 1. The molecule has 5 heteroatoms. The van der Waals surface area contributed by atoms with Crippen LogP contribution in [0.1, 0.15) is 37.2 Å². The molecule has 1 saturated heterocycles. The molecule has 1 aromatic carbocycles. The van der Waals surface area contributed by atoms with Gasteiger partial charge < -0.3 is 18.9 Å². The summed E-state index contributed by atoms with van der Waals surface area (Å²) >= 11 is 0. The van der Waals surface area contributed by atoms with E-state index in [0.717, 1.165) is 42.7 Å². The molecule has 1 fully saturated rings. The fraction of sp³-hybridized carbons (Fsp3) is 0.550. The maximum Gasteiger partial charge on any atom is 0.270 e. The van der Waals surface area contributed by atoms with Gasteiger partial charge in [-0.05, 0) is 38.8 Å². The minimum atomic E-state index is 0.106. The normalized spacial score (nSPS) is 15.8. The van der Waals surface area contributed by atoms with Crippen LogP contribution in [0, 0.1) is 0 Å². The summed E-state index contributed by atoms with van der Waals surface area (Å²) in [6, 6.07) is 10.6. The molecule has 0 bridgehead atoms. The van der Waals surface area contributed by atoms with Gasteiger partial charge in [0.05, 0.1) is 6.61 Å². The van der Waals surface area contributed by atoms with E-state index in [1.54, 1.807) is 7.11 Å². The lowest BCUT2D eigenvalue weighted by molar-refractivity contribution is 0.0199. The Morgan fingerprint density at radius 3 is 2.72 bits per heavy atom. The van der Waals surface area contributed by atoms with E-state index in [0.29, 0.717) is 13.2 Å². The molecule has 1 aliphatic rings. The Morgan fingerprint density at radius 1 is 1.32 bits per heavy atom. The van der Waals surface area contributed by atoms with Crippen molar-refractivity contribution in [2.75, 3.05) is 26.9 Å². The van der Waals surface area contributed by atoms with E-state index in [1.807, 2.05) is 23.1 Å². The summed E-state index contributed by atoms with van der Waals surface area (Å²) in [5, 5.41) is 1.10. The summed E-state index contributed by atoms with van der Waals surface area (Å²) in [5.74, 6) is 0.106. The molecule has 3 rings (SSSR count). The van der Waals surface area contributed by atoms with Gasteiger partial charge in [0.15, 0.2) is 0 Å². The summed E-state index contributed by atoms with van der Waals surface area (Å²) in [4.78, 5) is 15.5. The van der Waals surface area contributed by atoms with Crippen molar-refractivity contribution in [3.63, 3.8) is 0 Å². The van der Waals surface area contributed by atoms with E-state index in [1.165, 1.54) is 0 Å². The highest BCUT2D eigenvalue weighted by atomic mass is 16.5. The van der Waals surface area contributed by atoms with Gasteiger partial charge in [0, 0.05) is 49.9 Å². The van der Waals surface area contributed by atoms with Crippen LogP contribution in [0.2, 0.25) is 0 Å². The molecule has 0 radical (unpaired) electrons. The highest BCUT2D eigenvalue weighted by molar-refractivity contribution is 5.99. The number of hydrogen-bond acceptors (Lipinski definition) is 3. The minimum absolute atomic E-state index is 0.106. The number of carbonyl (C=O) groups excluding carboxylic acids is 1. The van der Waals surface area contributed by atoms with Crippen molar-refractivity contribution < 1.29 is 14.3 Å². The van der Waals surface area contributed by atoms with Gasteiger partial charge in [0.2, 0.25) is 0 Å². The molecular weight excluding hydrogens is 316 g/mol. The average molecular weight is 344 g/mol. The highest BCUT2D eigenvalue weighted by Crippen LogP contribution is 2.25. The molecule has 1 aliphatic heterocycles. The number of rotatable bonds is 6. The number of carbonyl (C=O) groups is 1. The van der Waals surface area contributed by atoms with Crippen LogP contribution >= 0.6 is 0 Å². The number of para-hydroxylation sites is 1. The molecule has 0 unspecified atom stereocenters. The maximum atomic E-state index is 13.5. The zero-order chi connectivity index (χ0) is 17.8. The fourth-order valence-electron chi connectivity index (χ4n) is 3.73. The van der Waals surface area contributed by atoms with E-state index in [-0.39, 0.29) is 18.0 Å². The second kappa shape index (κ2) is 8.02. The molecule has 0 N–H and O–H groups in total. The first kappa shape index (κ1) is 18.0. The Morgan fingerprint density at radius 2 is 2.04 bits per heavy atom. The summed E-state index contributed by atoms with van der Waals surface area (Å²) < 4.78 is 12.8. The van der Waals surface area contributed by atoms with Gasteiger partial charge in [-0.25, -0.2) is 0 Å². The zero-order valence-electron chi connectivity index (χ0n) is 15.4. The summed E-state index contributed by atoms with van der Waals surface area (Å²) in [6.45, 7) is 6.90. The van der Waals surface area contributed by atoms with Crippen LogP contribution in [0.3, 0.4) is 0 Å². The van der Waals surface area contributed by atoms with Crippen LogP contribution < -0.4 is 0 Å². The lowest BCUT2D eigenvalue weighted by Crippen LogP contribution is -2.47. The SMILES string of the molecule is COCCn1c(C(=O)N(C(C)C)C2CCOCC2)cc2ccccc21. The quantitative estimate of drug-likeness (QED) is 0.807. The molecule has 5 nitrogen and oxygen atoms in total. The van der Waals surface area contributed by atoms with Crippen LogP contribution in [0.15, 0.2) is 30.3 Å². The van der Waals surface area contributed by atoms with Crippen molar-refractivity contribution in [3.05, 3.63) is 36.0 Å². The zero-order valence-corrected chi connectivity index (χ0v) is 15.4. The second-order valence-corrected chi connectivity index (χ2v) is 6.88. The van der Waals surface area contributed by atoms with Crippen molar-refractivity contribution in [2.45, 2.75) is 45.3 Å². The van der Waals surface area contributed by atoms with Crippen molar-refractivity contribution in [2.24, 2.45) is 0 Å². The molecule has 0 aliphatic carbocycles. The molecule has 0 saturated carbocycles. The lowest BCUT2D eigenvalue weighted by Gasteiger charge is -2.37. The highest BCUT2D eigenvalue weighted by Gasteiger charge is 2.30. The standard InChI is InChI=1S/C20H28N2O3/c1-15(2)22(17-8-11-25-12-9-17)20(23)19-14-16-6-4-5-7-18(16)21(19)10-13-24-3/h4-7,14-15,17H,8-13H2,1-3H3. The number of nitrogens with zero attached hydrogens (tertiary/aromatic N) is 2. The molecule has 136 valence electrons. The van der Waals surface area contributed by atoms with Gasteiger partial charge in [0.25, 0.3) is 5.91 Å². The maximum absolute atomic E-state index is 13.5. The third-order valence-corrected chi connectivity index (χ3v) is 4.92. The number of aromatic nitrogens is 1. The topological polar surface area (TPSA) is 43.7 Å². The molecule has 0 spiro atoms. The number of fused-ring (bicyclic) bond motifs is 1. The molecule has 2 aromatic rings. The molecule has 1 aromatic heterocycles. The lowest BCUT2D eigenvalue weighted by atomic mass is 10.0. The molecule has 2 heterocycles. The Balaban J connectivity index is 1.98. The third-order valence-electron chi connectivity index (χ3n) is 4.92. The van der Waals surface area contributed by atoms with Gasteiger partial charge in [-0.15, -0.1) is 0 Å². The van der Waals surface area contributed by atoms with Crippen LogP contribution in [0.25, 0.3) is 10.9 Å². The van der Waals surface area contributed by atoms with E-state index in [2.05, 4.69) is 30.5 Å². The van der Waals surface area contributed by atoms with Crippen LogP contribution in [0.5, 0.6) is 0 Å². The summed E-state index contributed by atoms with van der Waals surface area (Å²) in [5.41, 5.74) is 1.83. The monoisotopic (exact) mass is 344 g/mol. The Bertz CT molecular complexity index is 717. The van der Waals surface area contributed by atoms with E-state index >= 15 is 0 Å². The second-order valence-electron chi connectivity index (χ2n) is 6.88. The molecule has 25 heavy (non-hydrogen) atoms. The first-order chi connectivity index (χ1) is 12.1. The van der Waals surface area contributed by atoms with Crippen LogP contribution in [0.4, 0.5) is 0 Å². The first-order valence-corrected chi connectivity index (χ1v) is 9.11.